The monoisotopic (exact) mass is 278 g/mol. The van der Waals surface area contributed by atoms with Crippen molar-refractivity contribution in [2.45, 2.75) is 56.1 Å². The Bertz CT molecular complexity index is 469. The average molecular weight is 278 g/mol. The lowest BCUT2D eigenvalue weighted by Crippen LogP contribution is -2.54. The molecule has 1 aliphatic carbocycles. The van der Waals surface area contributed by atoms with E-state index in [0.29, 0.717) is 0 Å². The number of thioether (sulfide) groups is 1. The number of rotatable bonds is 5. The lowest BCUT2D eigenvalue weighted by atomic mass is 9.58. The minimum Gasteiger partial charge on any atom is -0.480 e. The van der Waals surface area contributed by atoms with Gasteiger partial charge >= 0.3 is 5.97 Å². The molecule has 1 N–H and O–H groups in total. The summed E-state index contributed by atoms with van der Waals surface area (Å²) in [7, 11) is 0. The van der Waals surface area contributed by atoms with Crippen LogP contribution in [0.2, 0.25) is 0 Å². The second-order valence-corrected chi connectivity index (χ2v) is 7.24. The molecule has 0 atom stereocenters. The van der Waals surface area contributed by atoms with Gasteiger partial charge in [-0.3, -0.25) is 4.79 Å². The van der Waals surface area contributed by atoms with Gasteiger partial charge in [-0.05, 0) is 37.3 Å². The molecule has 104 valence electrons. The van der Waals surface area contributed by atoms with Gasteiger partial charge < -0.3 is 5.11 Å². The summed E-state index contributed by atoms with van der Waals surface area (Å²) in [5.41, 5.74) is 1.43. The molecule has 0 radical (unpaired) electrons. The van der Waals surface area contributed by atoms with E-state index in [4.69, 9.17) is 0 Å². The second kappa shape index (κ2) is 5.20. The highest BCUT2D eigenvalue weighted by atomic mass is 32.2. The number of carbonyl (C=O) groups is 1. The Balaban J connectivity index is 2.18. The van der Waals surface area contributed by atoms with Gasteiger partial charge in [0.15, 0.2) is 0 Å². The summed E-state index contributed by atoms with van der Waals surface area (Å²) in [6, 6.07) is 8.13. The third-order valence-electron chi connectivity index (χ3n) is 4.51. The van der Waals surface area contributed by atoms with Crippen LogP contribution in [0.25, 0.3) is 0 Å². The maximum atomic E-state index is 11.7. The third-order valence-corrected chi connectivity index (χ3v) is 5.86. The average Bonchev–Trinajstić information content (AvgIpc) is 2.33. The highest BCUT2D eigenvalue weighted by Gasteiger charge is 2.57. The molecular formula is C16H22O2S. The summed E-state index contributed by atoms with van der Waals surface area (Å²) >= 11 is 1.53. The van der Waals surface area contributed by atoms with Crippen LogP contribution in [0.5, 0.6) is 0 Å². The molecule has 0 amide bonds. The first kappa shape index (κ1) is 14.4. The van der Waals surface area contributed by atoms with E-state index in [2.05, 4.69) is 19.9 Å². The smallest absolute Gasteiger partial charge is 0.320 e. The van der Waals surface area contributed by atoms with E-state index >= 15 is 0 Å². The number of hydrogen-bond donors (Lipinski definition) is 1. The predicted molar refractivity (Wildman–Crippen MR) is 79.7 cm³/mol. The molecule has 1 aliphatic rings. The number of aliphatic carboxylic acids is 1. The first-order valence-corrected chi connectivity index (χ1v) is 7.76. The van der Waals surface area contributed by atoms with Gasteiger partial charge in [-0.1, -0.05) is 44.4 Å². The zero-order valence-electron chi connectivity index (χ0n) is 11.9. The SMILES string of the molecule is CCC1(CC)CC(Sc2cccc(C)c2)(C(=O)O)C1. The quantitative estimate of drug-likeness (QED) is 0.861. The number of benzene rings is 1. The topological polar surface area (TPSA) is 37.3 Å². The molecule has 1 fully saturated rings. The van der Waals surface area contributed by atoms with Crippen LogP contribution in [-0.2, 0) is 4.79 Å². The zero-order chi connectivity index (χ0) is 14.1. The van der Waals surface area contributed by atoms with Crippen LogP contribution in [-0.4, -0.2) is 15.8 Å². The summed E-state index contributed by atoms with van der Waals surface area (Å²) in [4.78, 5) is 12.8. The number of carboxylic acids is 1. The van der Waals surface area contributed by atoms with Gasteiger partial charge in [0.05, 0.1) is 0 Å². The fraction of sp³-hybridized carbons (Fsp3) is 0.562. The minimum atomic E-state index is -0.656. The highest BCUT2D eigenvalue weighted by Crippen LogP contribution is 2.60. The van der Waals surface area contributed by atoms with E-state index in [0.717, 1.165) is 30.6 Å². The van der Waals surface area contributed by atoms with Crippen LogP contribution in [0.15, 0.2) is 29.2 Å². The Labute approximate surface area is 119 Å². The third kappa shape index (κ3) is 2.66. The van der Waals surface area contributed by atoms with Crippen molar-refractivity contribution in [3.63, 3.8) is 0 Å². The molecule has 2 rings (SSSR count). The molecule has 0 saturated heterocycles. The predicted octanol–water partition coefficient (Wildman–Crippen LogP) is 4.51. The second-order valence-electron chi connectivity index (χ2n) is 5.78. The lowest BCUT2D eigenvalue weighted by Gasteiger charge is -2.53. The number of carboxylic acid groups (broad SMARTS) is 1. The molecule has 3 heteroatoms. The molecule has 0 aromatic heterocycles. The highest BCUT2D eigenvalue weighted by molar-refractivity contribution is 8.01. The van der Waals surface area contributed by atoms with Gasteiger partial charge in [0, 0.05) is 4.90 Å². The normalized spacial score (nSPS) is 19.7. The van der Waals surface area contributed by atoms with Crippen LogP contribution < -0.4 is 0 Å². The summed E-state index contributed by atoms with van der Waals surface area (Å²) in [5, 5.41) is 9.62. The van der Waals surface area contributed by atoms with Crippen molar-refractivity contribution < 1.29 is 9.90 Å². The van der Waals surface area contributed by atoms with Crippen LogP contribution in [0.1, 0.15) is 45.1 Å². The molecular weight excluding hydrogens is 256 g/mol. The fourth-order valence-electron chi connectivity index (χ4n) is 3.08. The molecule has 1 aromatic rings. The molecule has 0 bridgehead atoms. The van der Waals surface area contributed by atoms with E-state index < -0.39 is 10.7 Å². The molecule has 0 aliphatic heterocycles. The Kier molecular flexibility index (Phi) is 3.95. The van der Waals surface area contributed by atoms with Crippen molar-refractivity contribution in [3.8, 4) is 0 Å². The van der Waals surface area contributed by atoms with Crippen molar-refractivity contribution in [2.75, 3.05) is 0 Å². The molecule has 2 nitrogen and oxygen atoms in total. The maximum Gasteiger partial charge on any atom is 0.320 e. The summed E-state index contributed by atoms with van der Waals surface area (Å²) in [6.07, 6.45) is 3.74. The Morgan fingerprint density at radius 1 is 1.32 bits per heavy atom. The molecule has 1 saturated carbocycles. The van der Waals surface area contributed by atoms with E-state index in [1.807, 2.05) is 25.1 Å². The number of aryl methyl sites for hydroxylation is 1. The van der Waals surface area contributed by atoms with E-state index in [-0.39, 0.29) is 5.41 Å². The van der Waals surface area contributed by atoms with Gasteiger partial charge in [0.1, 0.15) is 4.75 Å². The van der Waals surface area contributed by atoms with Crippen molar-refractivity contribution in [3.05, 3.63) is 29.8 Å². The maximum absolute atomic E-state index is 11.7. The van der Waals surface area contributed by atoms with Crippen LogP contribution >= 0.6 is 11.8 Å². The number of hydrogen-bond acceptors (Lipinski definition) is 2. The van der Waals surface area contributed by atoms with Gasteiger partial charge in [-0.2, -0.15) is 0 Å². The van der Waals surface area contributed by atoms with Gasteiger partial charge in [0.2, 0.25) is 0 Å². The molecule has 19 heavy (non-hydrogen) atoms. The van der Waals surface area contributed by atoms with Crippen molar-refractivity contribution in [1.29, 1.82) is 0 Å². The Morgan fingerprint density at radius 2 is 1.95 bits per heavy atom. The first-order valence-electron chi connectivity index (χ1n) is 6.94. The largest absolute Gasteiger partial charge is 0.480 e. The lowest BCUT2D eigenvalue weighted by molar-refractivity contribution is -0.147. The Hall–Kier alpha value is -0.960. The zero-order valence-corrected chi connectivity index (χ0v) is 12.7. The van der Waals surface area contributed by atoms with E-state index in [9.17, 15) is 9.90 Å². The fourth-order valence-corrected chi connectivity index (χ4v) is 4.77. The molecule has 1 aromatic carbocycles. The van der Waals surface area contributed by atoms with Gasteiger partial charge in [-0.15, -0.1) is 11.8 Å². The molecule has 0 unspecified atom stereocenters. The first-order chi connectivity index (χ1) is 8.95. The van der Waals surface area contributed by atoms with E-state index in [1.165, 1.54) is 17.3 Å². The summed E-state index contributed by atoms with van der Waals surface area (Å²) < 4.78 is -0.611. The standard InChI is InChI=1S/C16H22O2S/c1-4-15(5-2)10-16(11-15,14(17)18)19-13-8-6-7-12(3)9-13/h6-9H,4-5,10-11H2,1-3H3,(H,17,18). The van der Waals surface area contributed by atoms with Crippen molar-refractivity contribution in [1.82, 2.24) is 0 Å². The molecule has 0 spiro atoms. The van der Waals surface area contributed by atoms with Crippen LogP contribution in [0, 0.1) is 12.3 Å². The minimum absolute atomic E-state index is 0.245. The van der Waals surface area contributed by atoms with Gasteiger partial charge in [0.25, 0.3) is 0 Å². The van der Waals surface area contributed by atoms with E-state index in [1.54, 1.807) is 0 Å². The summed E-state index contributed by atoms with van der Waals surface area (Å²) in [6.45, 7) is 6.39. The summed E-state index contributed by atoms with van der Waals surface area (Å²) in [5.74, 6) is -0.656. The molecule has 0 heterocycles. The van der Waals surface area contributed by atoms with Gasteiger partial charge in [-0.25, -0.2) is 0 Å². The van der Waals surface area contributed by atoms with Crippen molar-refractivity contribution >= 4 is 17.7 Å². The Morgan fingerprint density at radius 3 is 2.42 bits per heavy atom. The van der Waals surface area contributed by atoms with Crippen molar-refractivity contribution in [2.24, 2.45) is 5.41 Å². The van der Waals surface area contributed by atoms with Crippen LogP contribution in [0.3, 0.4) is 0 Å². The van der Waals surface area contributed by atoms with Crippen LogP contribution in [0.4, 0.5) is 0 Å².